The Bertz CT molecular complexity index is 3330. The van der Waals surface area contributed by atoms with Gasteiger partial charge in [-0.05, 0) is 60.4 Å². The van der Waals surface area contributed by atoms with Crippen LogP contribution < -0.4 is 16.1 Å². The molecule has 274 valence electrons. The molecule has 0 bridgehead atoms. The van der Waals surface area contributed by atoms with Crippen molar-refractivity contribution in [2.75, 3.05) is 0 Å². The molecule has 0 unspecified atom stereocenters. The Morgan fingerprint density at radius 1 is 0.483 bits per heavy atom. The van der Waals surface area contributed by atoms with Crippen molar-refractivity contribution in [1.29, 1.82) is 0 Å². The number of nitrogens with zero attached hydrogens (tertiary/aromatic N) is 4. The predicted molar refractivity (Wildman–Crippen MR) is 234 cm³/mol. The van der Waals surface area contributed by atoms with Crippen LogP contribution >= 0.6 is 0 Å². The van der Waals surface area contributed by atoms with Gasteiger partial charge in [0.05, 0.1) is 21.6 Å². The van der Waals surface area contributed by atoms with Gasteiger partial charge in [0.15, 0.2) is 22.9 Å². The molecule has 0 N–H and O–H groups in total. The Balaban J connectivity index is 1.04. The molecule has 0 aliphatic heterocycles. The van der Waals surface area contributed by atoms with Gasteiger partial charge < -0.3 is 8.98 Å². The Morgan fingerprint density at radius 3 is 1.72 bits per heavy atom. The lowest BCUT2D eigenvalue weighted by Gasteiger charge is -2.14. The highest BCUT2D eigenvalue weighted by molar-refractivity contribution is 6.10. The Morgan fingerprint density at radius 2 is 1.03 bits per heavy atom. The van der Waals surface area contributed by atoms with Crippen LogP contribution in [0.1, 0.15) is 18.4 Å². The van der Waals surface area contributed by atoms with Crippen molar-refractivity contribution in [2.24, 2.45) is 0 Å². The molecule has 0 amide bonds. The molecule has 0 saturated heterocycles. The van der Waals surface area contributed by atoms with E-state index in [9.17, 15) is 4.79 Å². The van der Waals surface area contributed by atoms with Crippen LogP contribution in [-0.2, 0) is 0 Å². The van der Waals surface area contributed by atoms with Crippen molar-refractivity contribution in [3.63, 3.8) is 0 Å². The maximum Gasteiger partial charge on any atom is 0.200 e. The number of benzene rings is 7. The molecule has 0 radical (unpaired) electrons. The van der Waals surface area contributed by atoms with Crippen LogP contribution in [0, 0.1) is 0 Å². The zero-order chi connectivity index (χ0) is 38.6. The van der Waals surface area contributed by atoms with Gasteiger partial charge in [-0.1, -0.05) is 146 Å². The molecule has 0 atom stereocenters. The zero-order valence-corrected chi connectivity index (χ0v) is 31.3. The summed E-state index contributed by atoms with van der Waals surface area (Å²) in [7, 11) is 0. The van der Waals surface area contributed by atoms with Crippen LogP contribution in [0.5, 0.6) is 0 Å². The molecular weight excluding hydrogens is 713 g/mol. The molecule has 10 aromatic rings. The van der Waals surface area contributed by atoms with E-state index in [4.69, 9.17) is 19.4 Å². The van der Waals surface area contributed by atoms with Gasteiger partial charge in [0, 0.05) is 44.3 Å². The summed E-state index contributed by atoms with van der Waals surface area (Å²) < 4.78 is 9.25. The van der Waals surface area contributed by atoms with E-state index in [0.717, 1.165) is 73.9 Å². The van der Waals surface area contributed by atoms with E-state index in [1.54, 1.807) is 0 Å². The van der Waals surface area contributed by atoms with Crippen LogP contribution in [0.2, 0.25) is 0 Å². The summed E-state index contributed by atoms with van der Waals surface area (Å²) in [5, 5.41) is 3.54. The third-order valence-electron chi connectivity index (χ3n) is 11.2. The van der Waals surface area contributed by atoms with Crippen molar-refractivity contribution in [3.05, 3.63) is 202 Å². The fraction of sp³-hybridized carbons (Fsp3) is 0.0385. The molecule has 11 rings (SSSR count). The SMILES string of the molecule is O=c1c2c(oc3c(-c4ccc(-c5nc(-c6ccccc6)nc(-c6ccccc6)n5)cc4)cccc13)=C(c1ccc3c(c1)c1ccccc1n3-c1ccccc1)CCC=2. The highest BCUT2D eigenvalue weighted by Crippen LogP contribution is 2.35. The Kier molecular flexibility index (Phi) is 8.00. The molecule has 0 spiro atoms. The van der Waals surface area contributed by atoms with Gasteiger partial charge >= 0.3 is 0 Å². The van der Waals surface area contributed by atoms with Crippen molar-refractivity contribution >= 4 is 44.4 Å². The fourth-order valence-corrected chi connectivity index (χ4v) is 8.37. The summed E-state index contributed by atoms with van der Waals surface area (Å²) in [6, 6.07) is 59.6. The minimum atomic E-state index is -0.0132. The first-order chi connectivity index (χ1) is 28.7. The largest absolute Gasteiger partial charge is 0.455 e. The van der Waals surface area contributed by atoms with E-state index in [0.29, 0.717) is 39.1 Å². The van der Waals surface area contributed by atoms with E-state index < -0.39 is 0 Å². The number of hydrogen-bond acceptors (Lipinski definition) is 5. The minimum Gasteiger partial charge on any atom is -0.455 e. The monoisotopic (exact) mass is 746 g/mol. The van der Waals surface area contributed by atoms with Crippen LogP contribution in [0.4, 0.5) is 0 Å². The molecule has 58 heavy (non-hydrogen) atoms. The smallest absolute Gasteiger partial charge is 0.200 e. The molecule has 0 saturated carbocycles. The third kappa shape index (κ3) is 5.65. The van der Waals surface area contributed by atoms with Gasteiger partial charge in [0.1, 0.15) is 11.0 Å². The Labute approximate surface area is 333 Å². The maximum atomic E-state index is 14.3. The first kappa shape index (κ1) is 33.6. The quantitative estimate of drug-likeness (QED) is 0.169. The van der Waals surface area contributed by atoms with Gasteiger partial charge in [0.2, 0.25) is 0 Å². The van der Waals surface area contributed by atoms with E-state index in [-0.39, 0.29) is 5.43 Å². The maximum absolute atomic E-state index is 14.3. The molecule has 1 aliphatic rings. The predicted octanol–water partition coefficient (Wildman–Crippen LogP) is 10.5. The Hall–Kier alpha value is -7.70. The van der Waals surface area contributed by atoms with Gasteiger partial charge in [-0.2, -0.15) is 0 Å². The number of fused-ring (bicyclic) bond motifs is 5. The van der Waals surface area contributed by atoms with Gasteiger partial charge in [0.25, 0.3) is 0 Å². The second kappa shape index (κ2) is 13.8. The normalized spacial score (nSPS) is 12.5. The molecule has 3 heterocycles. The molecule has 0 fully saturated rings. The summed E-state index contributed by atoms with van der Waals surface area (Å²) in [4.78, 5) is 29.0. The van der Waals surface area contributed by atoms with Crippen molar-refractivity contribution in [3.8, 4) is 51.0 Å². The van der Waals surface area contributed by atoms with Crippen molar-refractivity contribution < 1.29 is 4.42 Å². The lowest BCUT2D eigenvalue weighted by atomic mass is 9.94. The number of hydrogen-bond donors (Lipinski definition) is 0. The van der Waals surface area contributed by atoms with Crippen LogP contribution in [-0.4, -0.2) is 19.5 Å². The standard InChI is InChI=1S/C52H34N4O2/c57-47-42-23-12-21-39(33-26-28-36(29-27-33)52-54-50(34-14-4-1-5-15-34)53-51(55-52)35-16-6-2-7-17-35)48(42)58-49-40(22-13-24-43(47)49)37-30-31-46-44(32-37)41-20-10-11-25-45(41)56(46)38-18-8-3-9-19-38/h1-12,14-21,23-32H,13,22H2. The highest BCUT2D eigenvalue weighted by atomic mass is 16.3. The molecule has 1 aliphatic carbocycles. The van der Waals surface area contributed by atoms with Crippen LogP contribution in [0.25, 0.3) is 95.4 Å². The highest BCUT2D eigenvalue weighted by Gasteiger charge is 2.19. The van der Waals surface area contributed by atoms with E-state index in [1.807, 2.05) is 115 Å². The first-order valence-corrected chi connectivity index (χ1v) is 19.5. The average Bonchev–Trinajstić information content (AvgIpc) is 3.63. The van der Waals surface area contributed by atoms with E-state index in [2.05, 4.69) is 71.3 Å². The topological polar surface area (TPSA) is 73.8 Å². The number of para-hydroxylation sites is 3. The lowest BCUT2D eigenvalue weighted by molar-refractivity contribution is 0.552. The van der Waals surface area contributed by atoms with Gasteiger partial charge in [-0.3, -0.25) is 4.79 Å². The average molecular weight is 747 g/mol. The zero-order valence-electron chi connectivity index (χ0n) is 31.3. The summed E-state index contributed by atoms with van der Waals surface area (Å²) in [6.07, 6.45) is 3.56. The van der Waals surface area contributed by atoms with Crippen molar-refractivity contribution in [2.45, 2.75) is 12.8 Å². The second-order valence-electron chi connectivity index (χ2n) is 14.6. The summed E-state index contributed by atoms with van der Waals surface area (Å²) >= 11 is 0. The minimum absolute atomic E-state index is 0.0132. The molecule has 3 aromatic heterocycles. The van der Waals surface area contributed by atoms with Crippen molar-refractivity contribution in [1.82, 2.24) is 19.5 Å². The first-order valence-electron chi connectivity index (χ1n) is 19.5. The summed E-state index contributed by atoms with van der Waals surface area (Å²) in [6.45, 7) is 0. The van der Waals surface area contributed by atoms with E-state index in [1.165, 1.54) is 5.39 Å². The lowest BCUT2D eigenvalue weighted by Crippen LogP contribution is -2.41. The molecule has 7 aromatic carbocycles. The van der Waals surface area contributed by atoms with Gasteiger partial charge in [-0.15, -0.1) is 0 Å². The second-order valence-corrected chi connectivity index (χ2v) is 14.6. The summed E-state index contributed by atoms with van der Waals surface area (Å²) in [5.41, 5.74) is 11.2. The number of rotatable bonds is 6. The number of aromatic nitrogens is 4. The molecular formula is C52H34N4O2. The van der Waals surface area contributed by atoms with Crippen LogP contribution in [0.15, 0.2) is 185 Å². The molecule has 6 heteroatoms. The molecule has 6 nitrogen and oxygen atoms in total. The third-order valence-corrected chi connectivity index (χ3v) is 11.2. The van der Waals surface area contributed by atoms with Gasteiger partial charge in [-0.25, -0.2) is 15.0 Å². The fourth-order valence-electron chi connectivity index (χ4n) is 8.37. The summed E-state index contributed by atoms with van der Waals surface area (Å²) in [5.74, 6) is 1.80. The van der Waals surface area contributed by atoms with Crippen LogP contribution in [0.3, 0.4) is 0 Å². The van der Waals surface area contributed by atoms with E-state index >= 15 is 0 Å².